The van der Waals surface area contributed by atoms with Crippen LogP contribution < -0.4 is 0 Å². The van der Waals surface area contributed by atoms with E-state index in [1.165, 1.54) is 11.0 Å². The second-order valence-electron chi connectivity index (χ2n) is 10.7. The number of halogens is 4. The molecule has 4 aliphatic rings. The fourth-order valence-corrected chi connectivity index (χ4v) is 8.26. The molecular formula is C27H26BrCl2FN2O7. The Morgan fingerprint density at radius 1 is 1.05 bits per heavy atom. The molecule has 2 N–H and O–H groups in total. The number of phenolic OH excluding ortho intramolecular Hbond substituents is 1. The van der Waals surface area contributed by atoms with Crippen LogP contribution in [0.3, 0.4) is 0 Å². The largest absolute Gasteiger partial charge is 0.505 e. The van der Waals surface area contributed by atoms with Gasteiger partial charge in [0.1, 0.15) is 0 Å². The monoisotopic (exact) mass is 658 g/mol. The number of imide groups is 2. The van der Waals surface area contributed by atoms with Gasteiger partial charge in [-0.05, 0) is 49.3 Å². The zero-order chi connectivity index (χ0) is 29.1. The molecule has 214 valence electrons. The Bertz CT molecular complexity index is 1360. The van der Waals surface area contributed by atoms with E-state index in [2.05, 4.69) is 15.9 Å². The summed E-state index contributed by atoms with van der Waals surface area (Å²) in [6.45, 7) is 0.138. The van der Waals surface area contributed by atoms with E-state index in [1.807, 2.05) is 0 Å². The Labute approximate surface area is 247 Å². The summed E-state index contributed by atoms with van der Waals surface area (Å²) in [7, 11) is 0. The van der Waals surface area contributed by atoms with Crippen LogP contribution in [0.15, 0.2) is 29.8 Å². The first kappa shape index (κ1) is 29.0. The highest BCUT2D eigenvalue weighted by atomic mass is 79.9. The van der Waals surface area contributed by atoms with Crippen molar-refractivity contribution in [3.05, 3.63) is 41.2 Å². The van der Waals surface area contributed by atoms with Crippen molar-refractivity contribution >= 4 is 68.7 Å². The molecule has 6 atom stereocenters. The van der Waals surface area contributed by atoms with Crippen molar-refractivity contribution in [3.8, 4) is 5.75 Å². The van der Waals surface area contributed by atoms with Gasteiger partial charge in [-0.3, -0.25) is 33.8 Å². The van der Waals surface area contributed by atoms with Gasteiger partial charge in [0, 0.05) is 18.9 Å². The molecule has 2 heterocycles. The lowest BCUT2D eigenvalue weighted by Gasteiger charge is -2.50. The second-order valence-corrected chi connectivity index (χ2v) is 12.5. The molecule has 0 aromatic heterocycles. The zero-order valence-corrected chi connectivity index (χ0v) is 24.2. The maximum Gasteiger partial charge on any atom is 0.303 e. The average Bonchev–Trinajstić information content (AvgIpc) is 3.23. The van der Waals surface area contributed by atoms with Gasteiger partial charge in [0.15, 0.2) is 21.3 Å². The van der Waals surface area contributed by atoms with Gasteiger partial charge in [-0.15, -0.1) is 23.2 Å². The van der Waals surface area contributed by atoms with Crippen LogP contribution >= 0.6 is 39.1 Å². The van der Waals surface area contributed by atoms with E-state index in [4.69, 9.17) is 28.3 Å². The first-order valence-corrected chi connectivity index (χ1v) is 14.8. The molecule has 2 aliphatic heterocycles. The Balaban J connectivity index is 1.54. The number of alkyl halides is 3. The number of aromatic hydroxyl groups is 1. The molecule has 4 amide bonds. The third-order valence-electron chi connectivity index (χ3n) is 8.68. The molecule has 0 spiro atoms. The van der Waals surface area contributed by atoms with Crippen molar-refractivity contribution in [2.45, 2.75) is 54.2 Å². The Morgan fingerprint density at radius 3 is 2.42 bits per heavy atom. The number of allylic oxidation sites excluding steroid dienone is 2. The van der Waals surface area contributed by atoms with Crippen LogP contribution in [0.5, 0.6) is 5.75 Å². The zero-order valence-electron chi connectivity index (χ0n) is 21.1. The number of unbranched alkanes of at least 4 members (excludes halogenated alkanes) is 2. The van der Waals surface area contributed by atoms with Crippen molar-refractivity contribution in [2.24, 2.45) is 17.8 Å². The number of benzene rings is 1. The van der Waals surface area contributed by atoms with Crippen molar-refractivity contribution in [3.63, 3.8) is 0 Å². The SMILES string of the molecule is O=C(O)CCCCCN1C(=O)[C@H]2[C@H](CC=C3[C@H]2C[C@@]2(Cl)C(=O)N(CBr)C(=O)[C@@]2(Cl)[C@H]3c2ccc(O)c(F)c2)C1=O. The maximum absolute atomic E-state index is 14.6. The summed E-state index contributed by atoms with van der Waals surface area (Å²) >= 11 is 17.3. The predicted molar refractivity (Wildman–Crippen MR) is 144 cm³/mol. The topological polar surface area (TPSA) is 132 Å². The van der Waals surface area contributed by atoms with Crippen molar-refractivity contribution < 1.29 is 38.6 Å². The number of carbonyl (C=O) groups is 5. The lowest BCUT2D eigenvalue weighted by atomic mass is 9.56. The summed E-state index contributed by atoms with van der Waals surface area (Å²) in [6, 6.07) is 3.56. The average molecular weight is 660 g/mol. The van der Waals surface area contributed by atoms with Gasteiger partial charge in [-0.2, -0.15) is 0 Å². The first-order chi connectivity index (χ1) is 18.9. The number of rotatable bonds is 8. The number of aliphatic carboxylic acids is 1. The molecule has 5 rings (SSSR count). The number of likely N-dealkylation sites (tertiary alicyclic amines) is 2. The van der Waals surface area contributed by atoms with Gasteiger partial charge in [-0.1, -0.05) is 40.1 Å². The third-order valence-corrected chi connectivity index (χ3v) is 10.6. The molecule has 40 heavy (non-hydrogen) atoms. The minimum Gasteiger partial charge on any atom is -0.505 e. The van der Waals surface area contributed by atoms with Gasteiger partial charge >= 0.3 is 5.97 Å². The Morgan fingerprint density at radius 2 is 1.77 bits per heavy atom. The van der Waals surface area contributed by atoms with Gasteiger partial charge in [0.25, 0.3) is 11.8 Å². The number of carbonyl (C=O) groups excluding carboxylic acids is 4. The molecule has 2 saturated heterocycles. The van der Waals surface area contributed by atoms with Gasteiger partial charge < -0.3 is 10.2 Å². The highest BCUT2D eigenvalue weighted by Crippen LogP contribution is 2.65. The minimum absolute atomic E-state index is 0.00210. The molecule has 0 unspecified atom stereocenters. The van der Waals surface area contributed by atoms with Gasteiger partial charge in [-0.25, -0.2) is 4.39 Å². The summed E-state index contributed by atoms with van der Waals surface area (Å²) < 4.78 is 14.6. The van der Waals surface area contributed by atoms with E-state index in [0.717, 1.165) is 17.0 Å². The third kappa shape index (κ3) is 4.10. The molecule has 0 radical (unpaired) electrons. The normalized spacial score (nSPS) is 33.1. The van der Waals surface area contributed by atoms with Gasteiger partial charge in [0.05, 0.1) is 17.3 Å². The Hall–Kier alpha value is -2.50. The first-order valence-electron chi connectivity index (χ1n) is 12.9. The number of phenols is 1. The van der Waals surface area contributed by atoms with Crippen molar-refractivity contribution in [1.82, 2.24) is 9.80 Å². The van der Waals surface area contributed by atoms with E-state index in [-0.39, 0.29) is 42.7 Å². The van der Waals surface area contributed by atoms with E-state index in [9.17, 15) is 33.5 Å². The summed E-state index contributed by atoms with van der Waals surface area (Å²) in [6.07, 6.45) is 3.14. The smallest absolute Gasteiger partial charge is 0.303 e. The fourth-order valence-electron chi connectivity index (χ4n) is 6.84. The van der Waals surface area contributed by atoms with Crippen LogP contribution in [0.1, 0.15) is 50.0 Å². The molecule has 1 aromatic carbocycles. The number of amides is 4. The molecule has 2 aliphatic carbocycles. The molecule has 0 bridgehead atoms. The molecular weight excluding hydrogens is 634 g/mol. The van der Waals surface area contributed by atoms with Gasteiger partial charge in [0.2, 0.25) is 11.8 Å². The molecule has 13 heteroatoms. The van der Waals surface area contributed by atoms with Crippen molar-refractivity contribution in [2.75, 3.05) is 12.0 Å². The molecule has 1 aromatic rings. The maximum atomic E-state index is 14.6. The van der Waals surface area contributed by atoms with Crippen LogP contribution in [0.25, 0.3) is 0 Å². The number of hydrogen-bond donors (Lipinski definition) is 2. The highest BCUT2D eigenvalue weighted by Gasteiger charge is 2.76. The van der Waals surface area contributed by atoms with E-state index < -0.39 is 68.7 Å². The molecule has 9 nitrogen and oxygen atoms in total. The van der Waals surface area contributed by atoms with Crippen LogP contribution in [-0.4, -0.2) is 71.4 Å². The summed E-state index contributed by atoms with van der Waals surface area (Å²) in [4.78, 5) is 63.1. The van der Waals surface area contributed by atoms with Crippen LogP contribution in [0, 0.1) is 23.6 Å². The highest BCUT2D eigenvalue weighted by molar-refractivity contribution is 9.09. The Kier molecular flexibility index (Phi) is 7.54. The predicted octanol–water partition coefficient (Wildman–Crippen LogP) is 3.89. The molecule has 3 fully saturated rings. The van der Waals surface area contributed by atoms with E-state index in [1.54, 1.807) is 6.08 Å². The number of carboxylic acid groups (broad SMARTS) is 1. The summed E-state index contributed by atoms with van der Waals surface area (Å²) in [5, 5.41) is 18.6. The van der Waals surface area contributed by atoms with E-state index in [0.29, 0.717) is 24.8 Å². The number of nitrogens with zero attached hydrogens (tertiary/aromatic N) is 2. The summed E-state index contributed by atoms with van der Waals surface area (Å²) in [5.74, 6) is -8.15. The number of fused-ring (bicyclic) bond motifs is 4. The lowest BCUT2D eigenvalue weighted by molar-refractivity contribution is -0.141. The van der Waals surface area contributed by atoms with Crippen LogP contribution in [-0.2, 0) is 24.0 Å². The second kappa shape index (κ2) is 10.4. The minimum atomic E-state index is -2.05. The quantitative estimate of drug-likeness (QED) is 0.142. The lowest BCUT2D eigenvalue weighted by Crippen LogP contribution is -2.60. The fraction of sp³-hybridized carbons (Fsp3) is 0.519. The molecule has 1 saturated carbocycles. The van der Waals surface area contributed by atoms with Crippen molar-refractivity contribution in [1.29, 1.82) is 0 Å². The number of carboxylic acids is 1. The van der Waals surface area contributed by atoms with Crippen LogP contribution in [0.2, 0.25) is 0 Å². The van der Waals surface area contributed by atoms with Crippen LogP contribution in [0.4, 0.5) is 4.39 Å². The standard InChI is InChI=1S/C27H26BrCl2FN2O7/c28-12-33-24(39)26(29)11-16-14(21(27(26,30)25(33)40)13-5-8-18(34)17(31)10-13)6-7-15-20(16)23(38)32(22(15)37)9-3-1-2-4-19(35)36/h5-6,8,10,15-16,20-21,34H,1-4,7,9,11-12H2,(H,35,36)/t15-,16+,20-,21-,26+,27-/m0/s1. The number of hydrogen-bond acceptors (Lipinski definition) is 6. The summed E-state index contributed by atoms with van der Waals surface area (Å²) in [5.41, 5.74) is 0.557. The van der Waals surface area contributed by atoms with E-state index >= 15 is 0 Å².